The standard InChI is InChI=1S/C11H11N5O3/c12-15-14-5-7-3-10(17)16(6-7)8-1-2-13-9(4-8)11(18)19/h1-2,4,7H,3,5-6H2,(H,18,19). The van der Waals surface area contributed by atoms with Gasteiger partial charge in [0.25, 0.3) is 0 Å². The van der Waals surface area contributed by atoms with Gasteiger partial charge in [-0.15, -0.1) is 0 Å². The number of amides is 1. The lowest BCUT2D eigenvalue weighted by Gasteiger charge is -2.16. The number of carbonyl (C=O) groups excluding carboxylic acids is 1. The fraction of sp³-hybridized carbons (Fsp3) is 0.364. The van der Waals surface area contributed by atoms with E-state index in [1.165, 1.54) is 17.2 Å². The lowest BCUT2D eigenvalue weighted by atomic mass is 10.1. The van der Waals surface area contributed by atoms with E-state index in [1.807, 2.05) is 0 Å². The Kier molecular flexibility index (Phi) is 3.63. The first-order valence-electron chi connectivity index (χ1n) is 5.62. The van der Waals surface area contributed by atoms with Crippen LogP contribution >= 0.6 is 0 Å². The number of anilines is 1. The maximum atomic E-state index is 11.9. The Morgan fingerprint density at radius 2 is 2.47 bits per heavy atom. The zero-order chi connectivity index (χ0) is 13.8. The van der Waals surface area contributed by atoms with E-state index in [2.05, 4.69) is 15.0 Å². The van der Waals surface area contributed by atoms with E-state index in [1.54, 1.807) is 6.07 Å². The number of carbonyl (C=O) groups is 2. The largest absolute Gasteiger partial charge is 0.477 e. The van der Waals surface area contributed by atoms with Crippen LogP contribution in [0.1, 0.15) is 16.9 Å². The van der Waals surface area contributed by atoms with Crippen molar-refractivity contribution in [1.29, 1.82) is 0 Å². The zero-order valence-electron chi connectivity index (χ0n) is 9.93. The second kappa shape index (κ2) is 5.36. The van der Waals surface area contributed by atoms with Gasteiger partial charge in [0.2, 0.25) is 5.91 Å². The fourth-order valence-electron chi connectivity index (χ4n) is 2.01. The van der Waals surface area contributed by atoms with Crippen molar-refractivity contribution in [3.05, 3.63) is 34.5 Å². The highest BCUT2D eigenvalue weighted by molar-refractivity contribution is 5.97. The van der Waals surface area contributed by atoms with Gasteiger partial charge in [-0.05, 0) is 23.6 Å². The van der Waals surface area contributed by atoms with Crippen LogP contribution in [0.5, 0.6) is 0 Å². The summed E-state index contributed by atoms with van der Waals surface area (Å²) in [5.41, 5.74) is 8.65. The van der Waals surface area contributed by atoms with E-state index in [9.17, 15) is 9.59 Å². The van der Waals surface area contributed by atoms with Gasteiger partial charge in [-0.2, -0.15) is 0 Å². The van der Waals surface area contributed by atoms with Crippen molar-refractivity contribution in [1.82, 2.24) is 4.98 Å². The molecule has 1 aromatic heterocycles. The highest BCUT2D eigenvalue weighted by atomic mass is 16.4. The van der Waals surface area contributed by atoms with Crippen LogP contribution in [0.25, 0.3) is 10.4 Å². The molecule has 1 aliphatic rings. The average Bonchev–Trinajstić information content (AvgIpc) is 2.77. The van der Waals surface area contributed by atoms with Gasteiger partial charge in [0.15, 0.2) is 0 Å². The van der Waals surface area contributed by atoms with Gasteiger partial charge >= 0.3 is 5.97 Å². The van der Waals surface area contributed by atoms with E-state index >= 15 is 0 Å². The average molecular weight is 261 g/mol. The number of carboxylic acids is 1. The van der Waals surface area contributed by atoms with E-state index in [4.69, 9.17) is 10.6 Å². The minimum Gasteiger partial charge on any atom is -0.477 e. The third-order valence-corrected chi connectivity index (χ3v) is 2.88. The summed E-state index contributed by atoms with van der Waals surface area (Å²) in [6.07, 6.45) is 1.65. The van der Waals surface area contributed by atoms with Crippen LogP contribution in [0.2, 0.25) is 0 Å². The van der Waals surface area contributed by atoms with Gasteiger partial charge < -0.3 is 10.0 Å². The van der Waals surface area contributed by atoms with Gasteiger partial charge in [-0.25, -0.2) is 9.78 Å². The molecular weight excluding hydrogens is 250 g/mol. The van der Waals surface area contributed by atoms with Gasteiger partial charge in [0.1, 0.15) is 5.69 Å². The maximum absolute atomic E-state index is 11.9. The molecule has 0 aliphatic carbocycles. The summed E-state index contributed by atoms with van der Waals surface area (Å²) in [5, 5.41) is 12.3. The number of nitrogens with zero attached hydrogens (tertiary/aromatic N) is 5. The van der Waals surface area contributed by atoms with Crippen LogP contribution in [0.4, 0.5) is 5.69 Å². The number of azide groups is 1. The first kappa shape index (κ1) is 12.8. The van der Waals surface area contributed by atoms with Crippen molar-refractivity contribution in [3.63, 3.8) is 0 Å². The summed E-state index contributed by atoms with van der Waals surface area (Å²) in [5.74, 6) is -1.29. The number of hydrogen-bond donors (Lipinski definition) is 1. The lowest BCUT2D eigenvalue weighted by molar-refractivity contribution is -0.117. The number of aromatic carboxylic acids is 1. The molecule has 98 valence electrons. The Morgan fingerprint density at radius 3 is 3.16 bits per heavy atom. The van der Waals surface area contributed by atoms with Crippen LogP contribution in [0.15, 0.2) is 23.4 Å². The SMILES string of the molecule is [N-]=[N+]=NCC1CC(=O)N(c2ccnc(C(=O)O)c2)C1. The second-order valence-corrected chi connectivity index (χ2v) is 4.19. The normalized spacial score (nSPS) is 18.2. The van der Waals surface area contributed by atoms with Crippen molar-refractivity contribution in [2.24, 2.45) is 11.0 Å². The summed E-state index contributed by atoms with van der Waals surface area (Å²) in [7, 11) is 0. The predicted molar refractivity (Wildman–Crippen MR) is 65.7 cm³/mol. The number of aromatic nitrogens is 1. The molecule has 1 aliphatic heterocycles. The first-order valence-corrected chi connectivity index (χ1v) is 5.62. The molecule has 1 atom stereocenters. The van der Waals surface area contributed by atoms with Crippen molar-refractivity contribution >= 4 is 17.6 Å². The Morgan fingerprint density at radius 1 is 1.68 bits per heavy atom. The molecule has 2 heterocycles. The summed E-state index contributed by atoms with van der Waals surface area (Å²) in [4.78, 5) is 30.5. The molecule has 1 aromatic rings. The monoisotopic (exact) mass is 261 g/mol. The van der Waals surface area contributed by atoms with E-state index in [-0.39, 0.29) is 24.1 Å². The van der Waals surface area contributed by atoms with Gasteiger partial charge in [0, 0.05) is 36.3 Å². The van der Waals surface area contributed by atoms with E-state index < -0.39 is 5.97 Å². The molecule has 2 rings (SSSR count). The molecule has 0 spiro atoms. The van der Waals surface area contributed by atoms with Crippen molar-refractivity contribution in [2.75, 3.05) is 18.0 Å². The van der Waals surface area contributed by atoms with Crippen molar-refractivity contribution in [2.45, 2.75) is 6.42 Å². The maximum Gasteiger partial charge on any atom is 0.354 e. The minimum absolute atomic E-state index is 0.0372. The molecule has 8 heteroatoms. The quantitative estimate of drug-likeness (QED) is 0.501. The lowest BCUT2D eigenvalue weighted by Crippen LogP contribution is -2.25. The molecule has 0 bridgehead atoms. The molecule has 0 saturated carbocycles. The van der Waals surface area contributed by atoms with Crippen LogP contribution in [0, 0.1) is 5.92 Å². The highest BCUT2D eigenvalue weighted by Crippen LogP contribution is 2.25. The van der Waals surface area contributed by atoms with E-state index in [0.717, 1.165) is 0 Å². The third-order valence-electron chi connectivity index (χ3n) is 2.88. The highest BCUT2D eigenvalue weighted by Gasteiger charge is 2.30. The van der Waals surface area contributed by atoms with E-state index in [0.29, 0.717) is 18.7 Å². The minimum atomic E-state index is -1.14. The van der Waals surface area contributed by atoms with Crippen molar-refractivity contribution < 1.29 is 14.7 Å². The molecule has 19 heavy (non-hydrogen) atoms. The zero-order valence-corrected chi connectivity index (χ0v) is 9.93. The Labute approximate surface area is 108 Å². The number of rotatable bonds is 4. The molecule has 1 fully saturated rings. The fourth-order valence-corrected chi connectivity index (χ4v) is 2.01. The Balaban J connectivity index is 2.18. The topological polar surface area (TPSA) is 119 Å². The van der Waals surface area contributed by atoms with Crippen molar-refractivity contribution in [3.8, 4) is 0 Å². The second-order valence-electron chi connectivity index (χ2n) is 4.19. The summed E-state index contributed by atoms with van der Waals surface area (Å²) < 4.78 is 0. The summed E-state index contributed by atoms with van der Waals surface area (Å²) in [6, 6.07) is 2.94. The molecule has 1 N–H and O–H groups in total. The predicted octanol–water partition coefficient (Wildman–Crippen LogP) is 1.44. The van der Waals surface area contributed by atoms with Crippen LogP contribution < -0.4 is 4.90 Å². The van der Waals surface area contributed by atoms with Crippen LogP contribution in [-0.4, -0.2) is 35.1 Å². The third kappa shape index (κ3) is 2.80. The molecule has 1 amide bonds. The number of pyridine rings is 1. The van der Waals surface area contributed by atoms with Gasteiger partial charge in [-0.1, -0.05) is 5.11 Å². The molecular formula is C11H11N5O3. The van der Waals surface area contributed by atoms with Gasteiger partial charge in [0.05, 0.1) is 0 Å². The Bertz CT molecular complexity index is 567. The molecule has 0 radical (unpaired) electrons. The van der Waals surface area contributed by atoms with Gasteiger partial charge in [-0.3, -0.25) is 4.79 Å². The molecule has 1 saturated heterocycles. The first-order chi connectivity index (χ1) is 9.11. The molecule has 8 nitrogen and oxygen atoms in total. The number of hydrogen-bond acceptors (Lipinski definition) is 4. The molecule has 0 aromatic carbocycles. The molecule has 1 unspecified atom stereocenters. The summed E-state index contributed by atoms with van der Waals surface area (Å²) >= 11 is 0. The smallest absolute Gasteiger partial charge is 0.354 e. The van der Waals surface area contributed by atoms with Crippen LogP contribution in [0.3, 0.4) is 0 Å². The van der Waals surface area contributed by atoms with Crippen LogP contribution in [-0.2, 0) is 4.79 Å². The Hall–Kier alpha value is -2.60. The summed E-state index contributed by atoms with van der Waals surface area (Å²) in [6.45, 7) is 0.677. The number of carboxylic acid groups (broad SMARTS) is 1.